The highest BCUT2D eigenvalue weighted by molar-refractivity contribution is 5.84. The zero-order valence-corrected chi connectivity index (χ0v) is 14.8. The van der Waals surface area contributed by atoms with Crippen molar-refractivity contribution < 1.29 is 13.9 Å². The molecule has 0 saturated heterocycles. The molecule has 136 valence electrons. The fourth-order valence-electron chi connectivity index (χ4n) is 3.26. The van der Waals surface area contributed by atoms with Crippen LogP contribution in [0.4, 0.5) is 0 Å². The van der Waals surface area contributed by atoms with Crippen LogP contribution in [0, 0.1) is 6.92 Å². The number of rotatable bonds is 5. The van der Waals surface area contributed by atoms with Crippen LogP contribution in [-0.2, 0) is 6.54 Å². The first-order valence-electron chi connectivity index (χ1n) is 8.70. The van der Waals surface area contributed by atoms with Gasteiger partial charge in [-0.25, -0.2) is 4.79 Å². The van der Waals surface area contributed by atoms with Gasteiger partial charge in [0.1, 0.15) is 17.1 Å². The molecule has 1 atom stereocenters. The van der Waals surface area contributed by atoms with E-state index in [1.807, 2.05) is 42.5 Å². The summed E-state index contributed by atoms with van der Waals surface area (Å²) in [5.74, 6) is 0.899. The Kier molecular flexibility index (Phi) is 4.52. The third-order valence-electron chi connectivity index (χ3n) is 4.68. The van der Waals surface area contributed by atoms with Gasteiger partial charge in [-0.1, -0.05) is 30.3 Å². The van der Waals surface area contributed by atoms with Gasteiger partial charge in [0.05, 0.1) is 12.3 Å². The summed E-state index contributed by atoms with van der Waals surface area (Å²) in [7, 11) is 0. The lowest BCUT2D eigenvalue weighted by molar-refractivity contribution is 0.445. The minimum atomic E-state index is -0.442. The molecule has 27 heavy (non-hydrogen) atoms. The summed E-state index contributed by atoms with van der Waals surface area (Å²) in [4.78, 5) is 12.0. The van der Waals surface area contributed by atoms with Crippen molar-refractivity contribution in [2.75, 3.05) is 0 Å². The van der Waals surface area contributed by atoms with Crippen LogP contribution in [0.2, 0.25) is 0 Å². The quantitative estimate of drug-likeness (QED) is 0.519. The van der Waals surface area contributed by atoms with Crippen molar-refractivity contribution in [1.29, 1.82) is 0 Å². The number of furan rings is 1. The van der Waals surface area contributed by atoms with Gasteiger partial charge in [0.15, 0.2) is 0 Å². The fraction of sp³-hybridized carbons (Fsp3) is 0.136. The van der Waals surface area contributed by atoms with Crippen molar-refractivity contribution in [3.05, 3.63) is 99.8 Å². The molecule has 0 aliphatic heterocycles. The number of fused-ring (bicyclic) bond motifs is 1. The summed E-state index contributed by atoms with van der Waals surface area (Å²) >= 11 is 0. The van der Waals surface area contributed by atoms with Gasteiger partial charge in [-0.3, -0.25) is 5.32 Å². The molecule has 0 unspecified atom stereocenters. The Morgan fingerprint density at radius 3 is 2.63 bits per heavy atom. The van der Waals surface area contributed by atoms with Gasteiger partial charge in [-0.05, 0) is 42.3 Å². The second-order valence-corrected chi connectivity index (χ2v) is 6.42. The van der Waals surface area contributed by atoms with E-state index >= 15 is 0 Å². The zero-order chi connectivity index (χ0) is 18.8. The summed E-state index contributed by atoms with van der Waals surface area (Å²) < 4.78 is 10.9. The van der Waals surface area contributed by atoms with E-state index in [1.165, 1.54) is 6.07 Å². The molecule has 5 heteroatoms. The van der Waals surface area contributed by atoms with Crippen LogP contribution in [0.1, 0.15) is 28.5 Å². The lowest BCUT2D eigenvalue weighted by Crippen LogP contribution is -2.22. The molecule has 2 N–H and O–H groups in total. The lowest BCUT2D eigenvalue weighted by atomic mass is 10.0. The predicted octanol–water partition coefficient (Wildman–Crippen LogP) is 4.28. The van der Waals surface area contributed by atoms with E-state index in [0.29, 0.717) is 17.7 Å². The van der Waals surface area contributed by atoms with Crippen molar-refractivity contribution >= 4 is 11.0 Å². The van der Waals surface area contributed by atoms with Crippen LogP contribution in [0.15, 0.2) is 80.6 Å². The van der Waals surface area contributed by atoms with Crippen molar-refractivity contribution in [1.82, 2.24) is 5.32 Å². The van der Waals surface area contributed by atoms with Gasteiger partial charge in [0.25, 0.3) is 0 Å². The van der Waals surface area contributed by atoms with Crippen LogP contribution in [0.5, 0.6) is 5.75 Å². The van der Waals surface area contributed by atoms with Crippen LogP contribution in [-0.4, -0.2) is 5.11 Å². The van der Waals surface area contributed by atoms with Crippen LogP contribution >= 0.6 is 0 Å². The Morgan fingerprint density at radius 1 is 1.07 bits per heavy atom. The van der Waals surface area contributed by atoms with E-state index in [9.17, 15) is 9.90 Å². The highest BCUT2D eigenvalue weighted by Crippen LogP contribution is 2.28. The molecule has 0 amide bonds. The number of phenolic OH excluding ortho intramolecular Hbond substituents is 1. The molecule has 4 aromatic rings. The van der Waals surface area contributed by atoms with E-state index in [-0.39, 0.29) is 11.8 Å². The smallest absolute Gasteiger partial charge is 0.336 e. The van der Waals surface area contributed by atoms with Gasteiger partial charge >= 0.3 is 5.63 Å². The first-order chi connectivity index (χ1) is 13.1. The highest BCUT2D eigenvalue weighted by atomic mass is 16.4. The van der Waals surface area contributed by atoms with E-state index in [1.54, 1.807) is 25.3 Å². The van der Waals surface area contributed by atoms with Crippen molar-refractivity contribution in [3.63, 3.8) is 0 Å². The monoisotopic (exact) mass is 361 g/mol. The van der Waals surface area contributed by atoms with Crippen LogP contribution < -0.4 is 10.9 Å². The summed E-state index contributed by atoms with van der Waals surface area (Å²) in [5.41, 5.74) is 2.39. The van der Waals surface area contributed by atoms with E-state index < -0.39 is 5.63 Å². The number of aromatic hydroxyl groups is 1. The van der Waals surface area contributed by atoms with E-state index in [0.717, 1.165) is 22.3 Å². The zero-order valence-electron chi connectivity index (χ0n) is 14.8. The Hall–Kier alpha value is -3.31. The summed E-state index contributed by atoms with van der Waals surface area (Å²) in [6, 6.07) is 18.5. The maximum Gasteiger partial charge on any atom is 0.336 e. The predicted molar refractivity (Wildman–Crippen MR) is 103 cm³/mol. The molecule has 4 rings (SSSR count). The second kappa shape index (κ2) is 7.13. The van der Waals surface area contributed by atoms with Gasteiger partial charge in [-0.2, -0.15) is 0 Å². The van der Waals surface area contributed by atoms with Gasteiger partial charge in [0, 0.05) is 23.6 Å². The first kappa shape index (κ1) is 17.1. The molecule has 2 heterocycles. The number of hydrogen-bond donors (Lipinski definition) is 2. The molecule has 0 spiro atoms. The minimum absolute atomic E-state index is 0.105. The summed E-state index contributed by atoms with van der Waals surface area (Å²) in [6.07, 6.45) is 1.64. The van der Waals surface area contributed by atoms with E-state index in [2.05, 4.69) is 5.32 Å². The van der Waals surface area contributed by atoms with Crippen LogP contribution in [0.3, 0.4) is 0 Å². The normalized spacial score (nSPS) is 12.3. The number of aryl methyl sites for hydroxylation is 1. The summed E-state index contributed by atoms with van der Waals surface area (Å²) in [6.45, 7) is 2.17. The molecule has 0 aliphatic rings. The molecule has 2 aromatic heterocycles. The van der Waals surface area contributed by atoms with E-state index in [4.69, 9.17) is 8.83 Å². The molecular formula is C22H19NO4. The molecule has 2 aromatic carbocycles. The third-order valence-corrected chi connectivity index (χ3v) is 4.68. The molecule has 0 aliphatic carbocycles. The topological polar surface area (TPSA) is 75.6 Å². The number of nitrogens with one attached hydrogen (secondary N) is 1. The Morgan fingerprint density at radius 2 is 1.89 bits per heavy atom. The SMILES string of the molecule is Cc1c(O)ccc2c(CN[C@H](c3ccccc3)c3ccco3)cc(=O)oc12. The lowest BCUT2D eigenvalue weighted by Gasteiger charge is -2.18. The molecule has 0 saturated carbocycles. The van der Waals surface area contributed by atoms with Crippen molar-refractivity contribution in [3.8, 4) is 5.75 Å². The fourth-order valence-corrected chi connectivity index (χ4v) is 3.26. The average Bonchev–Trinajstić information content (AvgIpc) is 3.20. The number of phenols is 1. The Bertz CT molecular complexity index is 1110. The average molecular weight is 361 g/mol. The maximum absolute atomic E-state index is 12.0. The standard InChI is InChI=1S/C22H19NO4/c1-14-18(24)10-9-17-16(12-20(25)27-22(14)17)13-23-21(19-8-5-11-26-19)15-6-3-2-4-7-15/h2-12,21,23-24H,13H2,1H3/t21-/m1/s1. The van der Waals surface area contributed by atoms with Crippen molar-refractivity contribution in [2.24, 2.45) is 0 Å². The highest BCUT2D eigenvalue weighted by Gasteiger charge is 2.17. The van der Waals surface area contributed by atoms with Gasteiger partial charge < -0.3 is 13.9 Å². The largest absolute Gasteiger partial charge is 0.508 e. The Balaban J connectivity index is 1.71. The van der Waals surface area contributed by atoms with Crippen LogP contribution in [0.25, 0.3) is 11.0 Å². The maximum atomic E-state index is 12.0. The van der Waals surface area contributed by atoms with Gasteiger partial charge in [0.2, 0.25) is 0 Å². The molecule has 0 radical (unpaired) electrons. The number of hydrogen-bond acceptors (Lipinski definition) is 5. The number of benzene rings is 2. The summed E-state index contributed by atoms with van der Waals surface area (Å²) in [5, 5.41) is 14.2. The van der Waals surface area contributed by atoms with Crippen molar-refractivity contribution in [2.45, 2.75) is 19.5 Å². The first-order valence-corrected chi connectivity index (χ1v) is 8.70. The Labute approximate surface area is 155 Å². The second-order valence-electron chi connectivity index (χ2n) is 6.42. The molecule has 0 bridgehead atoms. The molecule has 0 fully saturated rings. The minimum Gasteiger partial charge on any atom is -0.508 e. The third kappa shape index (κ3) is 3.37. The molecule has 5 nitrogen and oxygen atoms in total. The van der Waals surface area contributed by atoms with Gasteiger partial charge in [-0.15, -0.1) is 0 Å². The molecular weight excluding hydrogens is 342 g/mol.